The molecule has 4 aromatic rings. The molecular formula is C24H19N5O3S. The number of nitrogens with zero attached hydrogens (tertiary/aromatic N) is 3. The van der Waals surface area contributed by atoms with Crippen LogP contribution >= 0.6 is 11.8 Å². The molecule has 0 aliphatic carbocycles. The average molecular weight is 458 g/mol. The van der Waals surface area contributed by atoms with Crippen LogP contribution < -0.4 is 10.7 Å². The zero-order valence-corrected chi connectivity index (χ0v) is 18.2. The number of benzene rings is 3. The number of anilines is 1. The van der Waals surface area contributed by atoms with Crippen molar-refractivity contribution in [1.82, 2.24) is 10.4 Å². The molecule has 2 N–H and O–H groups in total. The summed E-state index contributed by atoms with van der Waals surface area (Å²) in [5, 5.41) is 19.5. The average Bonchev–Trinajstić information content (AvgIpc) is 2.84. The maximum absolute atomic E-state index is 11.9. The third kappa shape index (κ3) is 5.72. The Morgan fingerprint density at radius 1 is 1.03 bits per heavy atom. The highest BCUT2D eigenvalue weighted by molar-refractivity contribution is 7.99. The summed E-state index contributed by atoms with van der Waals surface area (Å²) in [4.78, 5) is 28.9. The van der Waals surface area contributed by atoms with Gasteiger partial charge in [0, 0.05) is 33.8 Å². The zero-order valence-electron chi connectivity index (χ0n) is 17.3. The molecule has 4 rings (SSSR count). The number of fused-ring (bicyclic) bond motifs is 1. The predicted octanol–water partition coefficient (Wildman–Crippen LogP) is 4.86. The molecule has 33 heavy (non-hydrogen) atoms. The minimum absolute atomic E-state index is 0.0473. The number of hydrogen-bond donors (Lipinski definition) is 2. The molecule has 1 heterocycles. The Morgan fingerprint density at radius 2 is 1.85 bits per heavy atom. The number of para-hydroxylation sites is 2. The van der Waals surface area contributed by atoms with Crippen LogP contribution in [0.25, 0.3) is 10.9 Å². The number of aromatic nitrogens is 1. The molecule has 3 aromatic carbocycles. The Morgan fingerprint density at radius 3 is 2.67 bits per heavy atom. The van der Waals surface area contributed by atoms with E-state index < -0.39 is 4.92 Å². The Kier molecular flexibility index (Phi) is 6.91. The van der Waals surface area contributed by atoms with Crippen LogP contribution in [-0.2, 0) is 4.79 Å². The molecule has 0 aliphatic heterocycles. The number of nitro groups is 1. The lowest BCUT2D eigenvalue weighted by Gasteiger charge is -2.07. The molecule has 0 unspecified atom stereocenters. The number of nitrogens with one attached hydrogen (secondary N) is 2. The second kappa shape index (κ2) is 10.4. The fraction of sp³-hybridized carbons (Fsp3) is 0.0417. The summed E-state index contributed by atoms with van der Waals surface area (Å²) in [7, 11) is 0. The van der Waals surface area contributed by atoms with Crippen LogP contribution in [0.1, 0.15) is 5.56 Å². The van der Waals surface area contributed by atoms with E-state index in [9.17, 15) is 14.9 Å². The Bertz CT molecular complexity index is 1320. The fourth-order valence-electron chi connectivity index (χ4n) is 3.08. The van der Waals surface area contributed by atoms with Crippen molar-refractivity contribution in [2.24, 2.45) is 5.10 Å². The van der Waals surface area contributed by atoms with Gasteiger partial charge in [-0.05, 0) is 30.3 Å². The standard InChI is InChI=1S/C24H19N5O3S/c30-23(16-26-19-8-2-1-3-9-19)28-27-15-17-11-12-21(20(14-17)29(31)32)33-22-10-4-6-18-7-5-13-25-24(18)22/h1-15,26H,16H2,(H,28,30)/b27-15+. The van der Waals surface area contributed by atoms with Gasteiger partial charge >= 0.3 is 0 Å². The van der Waals surface area contributed by atoms with Gasteiger partial charge in [0.1, 0.15) is 0 Å². The summed E-state index contributed by atoms with van der Waals surface area (Å²) >= 11 is 1.29. The van der Waals surface area contributed by atoms with E-state index in [4.69, 9.17) is 0 Å². The Labute approximate surface area is 193 Å². The van der Waals surface area contributed by atoms with Gasteiger partial charge in [0.2, 0.25) is 0 Å². The summed E-state index contributed by atoms with van der Waals surface area (Å²) in [6.45, 7) is 0.0517. The number of rotatable bonds is 8. The minimum atomic E-state index is -0.430. The van der Waals surface area contributed by atoms with Crippen LogP contribution in [0.5, 0.6) is 0 Å². The van der Waals surface area contributed by atoms with Gasteiger partial charge in [0.25, 0.3) is 11.6 Å². The van der Waals surface area contributed by atoms with Crippen LogP contribution in [-0.4, -0.2) is 28.6 Å². The Balaban J connectivity index is 1.44. The topological polar surface area (TPSA) is 110 Å². The highest BCUT2D eigenvalue weighted by Crippen LogP contribution is 2.37. The SMILES string of the molecule is O=C(CNc1ccccc1)N/N=C/c1ccc(Sc2cccc3cccnc23)c([N+](=O)[O-])c1. The molecule has 0 fully saturated rings. The van der Waals surface area contributed by atoms with Gasteiger partial charge in [-0.2, -0.15) is 5.10 Å². The minimum Gasteiger partial charge on any atom is -0.376 e. The molecule has 0 bridgehead atoms. The van der Waals surface area contributed by atoms with Gasteiger partial charge in [0.05, 0.1) is 28.1 Å². The largest absolute Gasteiger partial charge is 0.376 e. The van der Waals surface area contributed by atoms with Crippen molar-refractivity contribution in [3.8, 4) is 0 Å². The van der Waals surface area contributed by atoms with Crippen molar-refractivity contribution in [3.63, 3.8) is 0 Å². The molecule has 0 aliphatic rings. The van der Waals surface area contributed by atoms with Crippen LogP contribution in [0.2, 0.25) is 0 Å². The zero-order chi connectivity index (χ0) is 23.0. The number of nitro benzene ring substituents is 1. The predicted molar refractivity (Wildman–Crippen MR) is 130 cm³/mol. The van der Waals surface area contributed by atoms with Crippen molar-refractivity contribution in [2.45, 2.75) is 9.79 Å². The first-order valence-electron chi connectivity index (χ1n) is 10.0. The number of carbonyl (C=O) groups excluding carboxylic acids is 1. The maximum Gasteiger partial charge on any atom is 0.283 e. The smallest absolute Gasteiger partial charge is 0.283 e. The molecule has 0 saturated heterocycles. The number of carbonyl (C=O) groups is 1. The van der Waals surface area contributed by atoms with Crippen molar-refractivity contribution >= 4 is 46.2 Å². The lowest BCUT2D eigenvalue weighted by molar-refractivity contribution is -0.387. The van der Waals surface area contributed by atoms with Gasteiger partial charge in [-0.15, -0.1) is 0 Å². The molecule has 0 radical (unpaired) electrons. The summed E-state index contributed by atoms with van der Waals surface area (Å²) in [6, 6.07) is 23.7. The van der Waals surface area contributed by atoms with E-state index in [0.717, 1.165) is 21.5 Å². The van der Waals surface area contributed by atoms with Crippen LogP contribution in [0.3, 0.4) is 0 Å². The lowest BCUT2D eigenvalue weighted by Crippen LogP contribution is -2.25. The van der Waals surface area contributed by atoms with E-state index in [2.05, 4.69) is 20.8 Å². The molecule has 0 saturated carbocycles. The van der Waals surface area contributed by atoms with Crippen molar-refractivity contribution < 1.29 is 9.72 Å². The second-order valence-electron chi connectivity index (χ2n) is 6.93. The van der Waals surface area contributed by atoms with Crippen LogP contribution in [0, 0.1) is 10.1 Å². The van der Waals surface area contributed by atoms with E-state index >= 15 is 0 Å². The third-order valence-electron chi connectivity index (χ3n) is 4.63. The van der Waals surface area contributed by atoms with E-state index in [1.165, 1.54) is 24.0 Å². The molecule has 0 atom stereocenters. The highest BCUT2D eigenvalue weighted by atomic mass is 32.2. The van der Waals surface area contributed by atoms with Gasteiger partial charge in [-0.1, -0.05) is 54.2 Å². The highest BCUT2D eigenvalue weighted by Gasteiger charge is 2.17. The van der Waals surface area contributed by atoms with E-state index in [1.54, 1.807) is 18.3 Å². The molecule has 9 heteroatoms. The van der Waals surface area contributed by atoms with Crippen molar-refractivity contribution in [1.29, 1.82) is 0 Å². The van der Waals surface area contributed by atoms with Gasteiger partial charge in [-0.3, -0.25) is 19.9 Å². The molecular weight excluding hydrogens is 438 g/mol. The Hall–Kier alpha value is -4.24. The molecule has 8 nitrogen and oxygen atoms in total. The first-order valence-corrected chi connectivity index (χ1v) is 10.8. The van der Waals surface area contributed by atoms with Crippen molar-refractivity contribution in [2.75, 3.05) is 11.9 Å². The third-order valence-corrected chi connectivity index (χ3v) is 5.74. The van der Waals surface area contributed by atoms with E-state index in [0.29, 0.717) is 10.5 Å². The maximum atomic E-state index is 11.9. The first-order chi connectivity index (χ1) is 16.1. The molecule has 1 aromatic heterocycles. The molecule has 1 amide bonds. The van der Waals surface area contributed by atoms with Crippen molar-refractivity contribution in [3.05, 3.63) is 101 Å². The fourth-order valence-corrected chi connectivity index (χ4v) is 4.10. The molecule has 0 spiro atoms. The summed E-state index contributed by atoms with van der Waals surface area (Å²) in [6.07, 6.45) is 3.07. The number of pyridine rings is 1. The summed E-state index contributed by atoms with van der Waals surface area (Å²) < 4.78 is 0. The molecule has 164 valence electrons. The van der Waals surface area contributed by atoms with E-state index in [-0.39, 0.29) is 18.1 Å². The summed E-state index contributed by atoms with van der Waals surface area (Å²) in [5.74, 6) is -0.333. The second-order valence-corrected chi connectivity index (χ2v) is 8.01. The lowest BCUT2D eigenvalue weighted by atomic mass is 10.2. The number of hydrogen-bond acceptors (Lipinski definition) is 7. The summed E-state index contributed by atoms with van der Waals surface area (Å²) in [5.41, 5.74) is 4.47. The number of hydrazone groups is 1. The van der Waals surface area contributed by atoms with Crippen LogP contribution in [0.15, 0.2) is 100.0 Å². The monoisotopic (exact) mass is 457 g/mol. The first kappa shape index (κ1) is 22.0. The normalized spacial score (nSPS) is 10.9. The quantitative estimate of drug-likeness (QED) is 0.222. The van der Waals surface area contributed by atoms with E-state index in [1.807, 2.05) is 60.7 Å². The van der Waals surface area contributed by atoms with Gasteiger partial charge in [0.15, 0.2) is 0 Å². The van der Waals surface area contributed by atoms with Gasteiger partial charge in [-0.25, -0.2) is 5.43 Å². The van der Waals surface area contributed by atoms with Gasteiger partial charge < -0.3 is 5.32 Å². The number of amides is 1. The van der Waals surface area contributed by atoms with Crippen LogP contribution in [0.4, 0.5) is 11.4 Å².